The topological polar surface area (TPSA) is 20.2 Å². The van der Waals surface area contributed by atoms with E-state index in [1.54, 1.807) is 0 Å². The van der Waals surface area contributed by atoms with E-state index >= 15 is 0 Å². The minimum absolute atomic E-state index is 0.494. The molecular weight excluding hydrogens is 196 g/mol. The third-order valence-electron chi connectivity index (χ3n) is 2.14. The molecule has 1 atom stereocenters. The lowest BCUT2D eigenvalue weighted by Gasteiger charge is -2.13. The average molecular weight is 211 g/mol. The number of rotatable bonds is 3. The fourth-order valence-electron chi connectivity index (χ4n) is 1.41. The van der Waals surface area contributed by atoms with Gasteiger partial charge in [-0.1, -0.05) is 23.2 Å². The highest BCUT2D eigenvalue weighted by molar-refractivity contribution is 6.30. The lowest BCUT2D eigenvalue weighted by Crippen LogP contribution is -2.00. The Morgan fingerprint density at radius 3 is 2.79 bits per heavy atom. The molecule has 0 aliphatic carbocycles. The molecule has 0 radical (unpaired) electrons. The second kappa shape index (κ2) is 4.63. The van der Waals surface area contributed by atoms with E-state index in [-0.39, 0.29) is 0 Å². The molecule has 0 spiro atoms. The van der Waals surface area contributed by atoms with Gasteiger partial charge >= 0.3 is 0 Å². The summed E-state index contributed by atoms with van der Waals surface area (Å²) in [7, 11) is 0. The number of aliphatic hydroxyl groups is 1. The molecule has 0 amide bonds. The molecule has 0 aliphatic rings. The van der Waals surface area contributed by atoms with Crippen molar-refractivity contribution in [3.05, 3.63) is 46.5 Å². The third-order valence-corrected chi connectivity index (χ3v) is 2.38. The third kappa shape index (κ3) is 2.86. The van der Waals surface area contributed by atoms with Gasteiger partial charge in [0.1, 0.15) is 0 Å². The smallest absolute Gasteiger partial charge is 0.0829 e. The van der Waals surface area contributed by atoms with E-state index in [1.165, 1.54) is 0 Å². The van der Waals surface area contributed by atoms with Crippen LogP contribution in [0.3, 0.4) is 0 Å². The molecule has 2 heteroatoms. The summed E-state index contributed by atoms with van der Waals surface area (Å²) < 4.78 is 0. The van der Waals surface area contributed by atoms with Crippen molar-refractivity contribution in [1.82, 2.24) is 0 Å². The van der Waals surface area contributed by atoms with Crippen molar-refractivity contribution >= 4 is 11.6 Å². The van der Waals surface area contributed by atoms with Crippen LogP contribution in [-0.4, -0.2) is 5.11 Å². The molecule has 1 N–H and O–H groups in total. The first-order valence-corrected chi connectivity index (χ1v) is 4.97. The van der Waals surface area contributed by atoms with Crippen LogP contribution in [0.5, 0.6) is 0 Å². The molecule has 0 fully saturated rings. The molecule has 1 aromatic carbocycles. The molecule has 0 saturated carbocycles. The van der Waals surface area contributed by atoms with Gasteiger partial charge in [-0.3, -0.25) is 0 Å². The van der Waals surface area contributed by atoms with Gasteiger partial charge in [0, 0.05) is 5.02 Å². The monoisotopic (exact) mass is 210 g/mol. The second-order valence-electron chi connectivity index (χ2n) is 3.68. The van der Waals surface area contributed by atoms with E-state index in [2.05, 4.69) is 6.58 Å². The molecule has 1 rings (SSSR count). The number of hydrogen-bond donors (Lipinski definition) is 1. The molecule has 1 nitrogen and oxygen atoms in total. The highest BCUT2D eigenvalue weighted by Crippen LogP contribution is 2.25. The Balaban J connectivity index is 2.93. The zero-order valence-corrected chi connectivity index (χ0v) is 9.30. The van der Waals surface area contributed by atoms with Crippen molar-refractivity contribution in [2.24, 2.45) is 0 Å². The summed E-state index contributed by atoms with van der Waals surface area (Å²) in [6.45, 7) is 7.65. The second-order valence-corrected chi connectivity index (χ2v) is 4.11. The van der Waals surface area contributed by atoms with Crippen LogP contribution >= 0.6 is 11.6 Å². The highest BCUT2D eigenvalue weighted by atomic mass is 35.5. The van der Waals surface area contributed by atoms with Gasteiger partial charge in [0.2, 0.25) is 0 Å². The number of hydrogen-bond acceptors (Lipinski definition) is 1. The quantitative estimate of drug-likeness (QED) is 0.756. The summed E-state index contributed by atoms with van der Waals surface area (Å²) >= 11 is 5.86. The molecule has 0 aliphatic heterocycles. The van der Waals surface area contributed by atoms with Gasteiger partial charge in [-0.2, -0.15) is 0 Å². The van der Waals surface area contributed by atoms with Gasteiger partial charge in [-0.15, -0.1) is 6.58 Å². The first kappa shape index (κ1) is 11.3. The molecule has 1 unspecified atom stereocenters. The summed E-state index contributed by atoms with van der Waals surface area (Å²) in [6, 6.07) is 5.55. The molecule has 0 saturated heterocycles. The van der Waals surface area contributed by atoms with Crippen molar-refractivity contribution in [3.8, 4) is 0 Å². The maximum absolute atomic E-state index is 9.88. The van der Waals surface area contributed by atoms with Crippen molar-refractivity contribution < 1.29 is 5.11 Å². The number of benzene rings is 1. The zero-order valence-electron chi connectivity index (χ0n) is 8.55. The summed E-state index contributed by atoms with van der Waals surface area (Å²) in [4.78, 5) is 0. The number of aliphatic hydroxyl groups excluding tert-OH is 1. The fraction of sp³-hybridized carbons (Fsp3) is 0.333. The minimum Gasteiger partial charge on any atom is -0.388 e. The molecule has 0 heterocycles. The molecule has 1 aromatic rings. The maximum atomic E-state index is 9.88. The van der Waals surface area contributed by atoms with Gasteiger partial charge in [0.25, 0.3) is 0 Å². The van der Waals surface area contributed by atoms with Crippen molar-refractivity contribution in [2.45, 2.75) is 26.4 Å². The van der Waals surface area contributed by atoms with Gasteiger partial charge in [-0.25, -0.2) is 0 Å². The Hall–Kier alpha value is -0.790. The standard InChI is InChI=1S/C12H15ClO/c1-8(2)6-12(14)11-7-10(13)5-4-9(11)3/h4-5,7,12,14H,1,6H2,2-3H3. The normalized spacial score (nSPS) is 12.6. The van der Waals surface area contributed by atoms with Gasteiger partial charge in [-0.05, 0) is 43.5 Å². The Morgan fingerprint density at radius 1 is 1.57 bits per heavy atom. The van der Waals surface area contributed by atoms with Crippen LogP contribution in [-0.2, 0) is 0 Å². The van der Waals surface area contributed by atoms with Crippen LogP contribution in [0.15, 0.2) is 30.4 Å². The predicted molar refractivity (Wildman–Crippen MR) is 60.6 cm³/mol. The van der Waals surface area contributed by atoms with Crippen molar-refractivity contribution in [1.29, 1.82) is 0 Å². The summed E-state index contributed by atoms with van der Waals surface area (Å²) in [5, 5.41) is 10.5. The Labute approximate surface area is 90.0 Å². The first-order valence-electron chi connectivity index (χ1n) is 4.59. The van der Waals surface area contributed by atoms with Crippen molar-refractivity contribution in [3.63, 3.8) is 0 Å². The lowest BCUT2D eigenvalue weighted by molar-refractivity contribution is 0.178. The zero-order chi connectivity index (χ0) is 10.7. The highest BCUT2D eigenvalue weighted by Gasteiger charge is 2.10. The van der Waals surface area contributed by atoms with E-state index in [0.29, 0.717) is 11.4 Å². The maximum Gasteiger partial charge on any atom is 0.0829 e. The van der Waals surface area contributed by atoms with Crippen LogP contribution in [0.2, 0.25) is 5.02 Å². The Bertz CT molecular complexity index is 344. The van der Waals surface area contributed by atoms with Gasteiger partial charge in [0.05, 0.1) is 6.10 Å². The number of aryl methyl sites for hydroxylation is 1. The van der Waals surface area contributed by atoms with E-state index in [1.807, 2.05) is 32.0 Å². The van der Waals surface area contributed by atoms with E-state index < -0.39 is 6.10 Å². The van der Waals surface area contributed by atoms with Crippen LogP contribution < -0.4 is 0 Å². The van der Waals surface area contributed by atoms with E-state index in [4.69, 9.17) is 11.6 Å². The van der Waals surface area contributed by atoms with Crippen LogP contribution in [0, 0.1) is 6.92 Å². The van der Waals surface area contributed by atoms with E-state index in [9.17, 15) is 5.11 Å². The van der Waals surface area contributed by atoms with Gasteiger partial charge < -0.3 is 5.11 Å². The number of halogens is 1. The minimum atomic E-state index is -0.494. The van der Waals surface area contributed by atoms with Crippen molar-refractivity contribution in [2.75, 3.05) is 0 Å². The van der Waals surface area contributed by atoms with Crippen LogP contribution in [0.4, 0.5) is 0 Å². The Kier molecular flexibility index (Phi) is 3.73. The Morgan fingerprint density at radius 2 is 2.21 bits per heavy atom. The molecule has 0 bridgehead atoms. The summed E-state index contributed by atoms with van der Waals surface area (Å²) in [5.74, 6) is 0. The molecule has 0 aromatic heterocycles. The summed E-state index contributed by atoms with van der Waals surface area (Å²) in [5.41, 5.74) is 2.92. The van der Waals surface area contributed by atoms with Crippen LogP contribution in [0.1, 0.15) is 30.6 Å². The average Bonchev–Trinajstić information content (AvgIpc) is 2.08. The molecule has 14 heavy (non-hydrogen) atoms. The van der Waals surface area contributed by atoms with Crippen LogP contribution in [0.25, 0.3) is 0 Å². The van der Waals surface area contributed by atoms with E-state index in [0.717, 1.165) is 16.7 Å². The summed E-state index contributed by atoms with van der Waals surface area (Å²) in [6.07, 6.45) is 0.0902. The SMILES string of the molecule is C=C(C)CC(O)c1cc(Cl)ccc1C. The lowest BCUT2D eigenvalue weighted by atomic mass is 9.99. The predicted octanol–water partition coefficient (Wildman–Crippen LogP) is 3.65. The largest absolute Gasteiger partial charge is 0.388 e. The molecule has 76 valence electrons. The first-order chi connectivity index (χ1) is 6.50. The molecular formula is C12H15ClO. The fourth-order valence-corrected chi connectivity index (χ4v) is 1.59. The van der Waals surface area contributed by atoms with Gasteiger partial charge in [0.15, 0.2) is 0 Å².